The molecule has 16 heavy (non-hydrogen) atoms. The van der Waals surface area contributed by atoms with Gasteiger partial charge in [-0.25, -0.2) is 4.98 Å². The van der Waals surface area contributed by atoms with Crippen molar-refractivity contribution in [3.63, 3.8) is 0 Å². The maximum Gasteiger partial charge on any atom is 0.138 e. The first-order valence-electron chi connectivity index (χ1n) is 5.92. The SMILES string of the molecule is CCNC(Cc1ncnn1CC)CN(C)C. The van der Waals surface area contributed by atoms with Crippen molar-refractivity contribution in [2.45, 2.75) is 32.9 Å². The van der Waals surface area contributed by atoms with Crippen LogP contribution in [0.25, 0.3) is 0 Å². The first-order valence-corrected chi connectivity index (χ1v) is 5.92. The van der Waals surface area contributed by atoms with E-state index in [1.165, 1.54) is 0 Å². The summed E-state index contributed by atoms with van der Waals surface area (Å²) in [6.45, 7) is 7.11. The number of nitrogens with one attached hydrogen (secondary N) is 1. The van der Waals surface area contributed by atoms with Crippen molar-refractivity contribution in [3.05, 3.63) is 12.2 Å². The molecule has 1 rings (SSSR count). The van der Waals surface area contributed by atoms with Crippen molar-refractivity contribution in [1.82, 2.24) is 25.0 Å². The summed E-state index contributed by atoms with van der Waals surface area (Å²) in [5.74, 6) is 1.07. The van der Waals surface area contributed by atoms with Gasteiger partial charge in [-0.2, -0.15) is 5.10 Å². The summed E-state index contributed by atoms with van der Waals surface area (Å²) in [7, 11) is 4.18. The molecule has 92 valence electrons. The highest BCUT2D eigenvalue weighted by atomic mass is 15.3. The first-order chi connectivity index (χ1) is 7.67. The van der Waals surface area contributed by atoms with Gasteiger partial charge in [0.1, 0.15) is 12.2 Å². The summed E-state index contributed by atoms with van der Waals surface area (Å²) >= 11 is 0. The van der Waals surface area contributed by atoms with Crippen LogP contribution in [0.1, 0.15) is 19.7 Å². The number of hydrogen-bond acceptors (Lipinski definition) is 4. The van der Waals surface area contributed by atoms with Gasteiger partial charge in [0.15, 0.2) is 0 Å². The minimum absolute atomic E-state index is 0.439. The molecule has 5 heteroatoms. The van der Waals surface area contributed by atoms with Gasteiger partial charge in [-0.3, -0.25) is 4.68 Å². The van der Waals surface area contributed by atoms with Gasteiger partial charge in [-0.05, 0) is 27.6 Å². The Labute approximate surface area is 97.9 Å². The van der Waals surface area contributed by atoms with E-state index in [1.807, 2.05) is 4.68 Å². The first kappa shape index (κ1) is 13.1. The van der Waals surface area contributed by atoms with Gasteiger partial charge in [0.2, 0.25) is 0 Å². The average molecular weight is 225 g/mol. The molecule has 1 aromatic heterocycles. The molecule has 0 spiro atoms. The van der Waals surface area contributed by atoms with Gasteiger partial charge in [-0.15, -0.1) is 0 Å². The molecule has 1 heterocycles. The van der Waals surface area contributed by atoms with Crippen molar-refractivity contribution in [3.8, 4) is 0 Å². The standard InChI is InChI=1S/C11H23N5/c1-5-12-10(8-15(3)4)7-11-13-9-14-16(11)6-2/h9-10,12H,5-8H2,1-4H3. The lowest BCUT2D eigenvalue weighted by atomic mass is 10.2. The van der Waals surface area contributed by atoms with Crippen LogP contribution >= 0.6 is 0 Å². The quantitative estimate of drug-likeness (QED) is 0.729. The zero-order valence-electron chi connectivity index (χ0n) is 10.8. The van der Waals surface area contributed by atoms with Crippen molar-refractivity contribution in [2.75, 3.05) is 27.2 Å². The maximum absolute atomic E-state index is 4.31. The van der Waals surface area contributed by atoms with E-state index in [0.29, 0.717) is 6.04 Å². The Morgan fingerprint density at radius 2 is 2.19 bits per heavy atom. The Hall–Kier alpha value is -0.940. The van der Waals surface area contributed by atoms with Crippen LogP contribution in [0.5, 0.6) is 0 Å². The van der Waals surface area contributed by atoms with E-state index in [2.05, 4.69) is 48.2 Å². The average Bonchev–Trinajstić information content (AvgIpc) is 2.64. The summed E-state index contributed by atoms with van der Waals surface area (Å²) in [5, 5.41) is 7.67. The lowest BCUT2D eigenvalue weighted by Gasteiger charge is -2.21. The molecule has 0 saturated heterocycles. The van der Waals surface area contributed by atoms with Crippen LogP contribution in [0.2, 0.25) is 0 Å². The topological polar surface area (TPSA) is 46.0 Å². The second-order valence-corrected chi connectivity index (χ2v) is 4.21. The van der Waals surface area contributed by atoms with Gasteiger partial charge in [0.05, 0.1) is 0 Å². The lowest BCUT2D eigenvalue weighted by molar-refractivity contribution is 0.333. The lowest BCUT2D eigenvalue weighted by Crippen LogP contribution is -2.40. The van der Waals surface area contributed by atoms with Crippen LogP contribution < -0.4 is 5.32 Å². The number of likely N-dealkylation sites (N-methyl/N-ethyl adjacent to an activating group) is 2. The minimum Gasteiger partial charge on any atom is -0.313 e. The molecule has 0 aliphatic heterocycles. The van der Waals surface area contributed by atoms with E-state index in [0.717, 1.165) is 31.9 Å². The summed E-state index contributed by atoms with van der Waals surface area (Å²) in [5.41, 5.74) is 0. The van der Waals surface area contributed by atoms with Crippen LogP contribution in [0.3, 0.4) is 0 Å². The number of nitrogens with zero attached hydrogens (tertiary/aromatic N) is 4. The van der Waals surface area contributed by atoms with Gasteiger partial charge in [0, 0.05) is 25.6 Å². The van der Waals surface area contributed by atoms with E-state index in [4.69, 9.17) is 0 Å². The van der Waals surface area contributed by atoms with Crippen LogP contribution in [0, 0.1) is 0 Å². The van der Waals surface area contributed by atoms with E-state index in [1.54, 1.807) is 6.33 Å². The molecular weight excluding hydrogens is 202 g/mol. The highest BCUT2D eigenvalue weighted by Crippen LogP contribution is 2.00. The molecule has 0 saturated carbocycles. The number of hydrogen-bond donors (Lipinski definition) is 1. The van der Waals surface area contributed by atoms with Gasteiger partial charge >= 0.3 is 0 Å². The summed E-state index contributed by atoms with van der Waals surface area (Å²) in [6, 6.07) is 0.439. The van der Waals surface area contributed by atoms with Gasteiger partial charge in [0.25, 0.3) is 0 Å². The molecule has 1 atom stereocenters. The normalized spacial score (nSPS) is 13.3. The maximum atomic E-state index is 4.31. The predicted octanol–water partition coefficient (Wildman–Crippen LogP) is 0.380. The highest BCUT2D eigenvalue weighted by Gasteiger charge is 2.13. The van der Waals surface area contributed by atoms with E-state index >= 15 is 0 Å². The van der Waals surface area contributed by atoms with Crippen molar-refractivity contribution in [2.24, 2.45) is 0 Å². The number of rotatable bonds is 7. The summed E-state index contributed by atoms with van der Waals surface area (Å²) < 4.78 is 1.96. The largest absolute Gasteiger partial charge is 0.313 e. The van der Waals surface area contributed by atoms with E-state index in [9.17, 15) is 0 Å². The fourth-order valence-corrected chi connectivity index (χ4v) is 1.86. The predicted molar refractivity (Wildman–Crippen MR) is 65.4 cm³/mol. The molecule has 0 bridgehead atoms. The second kappa shape index (κ2) is 6.60. The summed E-state index contributed by atoms with van der Waals surface area (Å²) in [6.07, 6.45) is 2.57. The Morgan fingerprint density at radius 1 is 1.44 bits per heavy atom. The Kier molecular flexibility index (Phi) is 5.42. The molecule has 0 aliphatic rings. The Morgan fingerprint density at radius 3 is 2.75 bits per heavy atom. The van der Waals surface area contributed by atoms with Crippen LogP contribution in [-0.2, 0) is 13.0 Å². The monoisotopic (exact) mass is 225 g/mol. The van der Waals surface area contributed by atoms with Gasteiger partial charge in [-0.1, -0.05) is 6.92 Å². The molecule has 1 N–H and O–H groups in total. The third-order valence-corrected chi connectivity index (χ3v) is 2.50. The Balaban J connectivity index is 2.59. The van der Waals surface area contributed by atoms with Crippen molar-refractivity contribution < 1.29 is 0 Å². The number of aromatic nitrogens is 3. The Bertz CT molecular complexity index is 294. The fourth-order valence-electron chi connectivity index (χ4n) is 1.86. The molecular formula is C11H23N5. The van der Waals surface area contributed by atoms with Crippen molar-refractivity contribution in [1.29, 1.82) is 0 Å². The molecule has 0 amide bonds. The molecule has 1 unspecified atom stereocenters. The number of aryl methyl sites for hydroxylation is 1. The third kappa shape index (κ3) is 3.90. The third-order valence-electron chi connectivity index (χ3n) is 2.50. The molecule has 1 aromatic rings. The van der Waals surface area contributed by atoms with Crippen molar-refractivity contribution >= 4 is 0 Å². The second-order valence-electron chi connectivity index (χ2n) is 4.21. The molecule has 0 aromatic carbocycles. The van der Waals surface area contributed by atoms with Crippen LogP contribution in [-0.4, -0.2) is 52.9 Å². The molecule has 0 aliphatic carbocycles. The summed E-state index contributed by atoms with van der Waals surface area (Å²) in [4.78, 5) is 6.50. The van der Waals surface area contributed by atoms with E-state index < -0.39 is 0 Å². The molecule has 0 fully saturated rings. The fraction of sp³-hybridized carbons (Fsp3) is 0.818. The highest BCUT2D eigenvalue weighted by molar-refractivity contribution is 4.90. The minimum atomic E-state index is 0.439. The zero-order chi connectivity index (χ0) is 12.0. The van der Waals surface area contributed by atoms with Crippen LogP contribution in [0.4, 0.5) is 0 Å². The smallest absolute Gasteiger partial charge is 0.138 e. The molecule has 0 radical (unpaired) electrons. The van der Waals surface area contributed by atoms with E-state index in [-0.39, 0.29) is 0 Å². The zero-order valence-corrected chi connectivity index (χ0v) is 10.8. The van der Waals surface area contributed by atoms with Gasteiger partial charge < -0.3 is 10.2 Å². The van der Waals surface area contributed by atoms with Crippen LogP contribution in [0.15, 0.2) is 6.33 Å². The molecule has 5 nitrogen and oxygen atoms in total.